The number of amides is 2. The molecule has 2 aromatic rings. The van der Waals surface area contributed by atoms with E-state index in [-0.39, 0.29) is 35.4 Å². The number of aromatic nitrogens is 3. The van der Waals surface area contributed by atoms with Crippen molar-refractivity contribution in [2.24, 2.45) is 11.3 Å². The van der Waals surface area contributed by atoms with E-state index in [0.717, 1.165) is 63.7 Å². The summed E-state index contributed by atoms with van der Waals surface area (Å²) in [4.78, 5) is 34.2. The quantitative estimate of drug-likeness (QED) is 0.444. The highest BCUT2D eigenvalue weighted by molar-refractivity contribution is 6.30. The molecule has 8 nitrogen and oxygen atoms in total. The van der Waals surface area contributed by atoms with Crippen LogP contribution < -0.4 is 5.32 Å². The minimum absolute atomic E-state index is 0.121. The van der Waals surface area contributed by atoms with Crippen molar-refractivity contribution < 1.29 is 9.59 Å². The number of piperidine rings is 1. The molecule has 1 atom stereocenters. The lowest BCUT2D eigenvalue weighted by atomic mass is 9.63. The first-order valence-corrected chi connectivity index (χ1v) is 16.1. The Morgan fingerprint density at radius 1 is 1.05 bits per heavy atom. The number of halogens is 1. The molecule has 0 spiro atoms. The molecule has 3 fully saturated rings. The van der Waals surface area contributed by atoms with Gasteiger partial charge in [0.15, 0.2) is 0 Å². The summed E-state index contributed by atoms with van der Waals surface area (Å²) in [6.45, 7) is 4.11. The van der Waals surface area contributed by atoms with Crippen molar-refractivity contribution in [2.75, 3.05) is 20.1 Å². The smallest absolute Gasteiger partial charge is 0.240 e. The molecule has 41 heavy (non-hydrogen) atoms. The maximum absolute atomic E-state index is 14.2. The van der Waals surface area contributed by atoms with Crippen LogP contribution in [0.15, 0.2) is 36.9 Å². The Hall–Kier alpha value is -2.45. The predicted octanol–water partition coefficient (Wildman–Crippen LogP) is 5.11. The van der Waals surface area contributed by atoms with Gasteiger partial charge in [-0.2, -0.15) is 5.10 Å². The normalized spacial score (nSPS) is 24.1. The summed E-state index contributed by atoms with van der Waals surface area (Å²) in [6, 6.07) is 8.16. The molecule has 2 aliphatic carbocycles. The zero-order valence-corrected chi connectivity index (χ0v) is 25.6. The Morgan fingerprint density at radius 3 is 2.34 bits per heavy atom. The van der Waals surface area contributed by atoms with Crippen molar-refractivity contribution >= 4 is 23.4 Å². The maximum Gasteiger partial charge on any atom is 0.240 e. The minimum atomic E-state index is -0.277. The third kappa shape index (κ3) is 7.50. The molecule has 0 bridgehead atoms. The van der Waals surface area contributed by atoms with Gasteiger partial charge in [0.2, 0.25) is 11.8 Å². The van der Waals surface area contributed by atoms with Crippen molar-refractivity contribution in [3.05, 3.63) is 47.5 Å². The first-order valence-electron chi connectivity index (χ1n) is 15.7. The Kier molecular flexibility index (Phi) is 10.0. The molecule has 224 valence electrons. The molecular weight excluding hydrogens is 536 g/mol. The van der Waals surface area contributed by atoms with Crippen molar-refractivity contribution in [3.63, 3.8) is 0 Å². The van der Waals surface area contributed by atoms with Crippen molar-refractivity contribution in [2.45, 2.75) is 109 Å². The lowest BCUT2D eigenvalue weighted by molar-refractivity contribution is -0.137. The fourth-order valence-electron chi connectivity index (χ4n) is 7.69. The van der Waals surface area contributed by atoms with Crippen LogP contribution >= 0.6 is 11.6 Å². The third-order valence-corrected chi connectivity index (χ3v) is 10.6. The highest BCUT2D eigenvalue weighted by atomic mass is 35.5. The van der Waals surface area contributed by atoms with E-state index in [4.69, 9.17) is 11.6 Å². The van der Waals surface area contributed by atoms with Gasteiger partial charge in [0.05, 0.1) is 6.04 Å². The summed E-state index contributed by atoms with van der Waals surface area (Å²) in [7, 11) is 1.90. The second-order valence-electron chi connectivity index (χ2n) is 12.8. The largest absolute Gasteiger partial charge is 0.343 e. The number of carbonyl (C=O) groups is 2. The topological polar surface area (TPSA) is 83.4 Å². The Morgan fingerprint density at radius 2 is 1.73 bits per heavy atom. The van der Waals surface area contributed by atoms with Crippen LogP contribution in [0.25, 0.3) is 0 Å². The van der Waals surface area contributed by atoms with Gasteiger partial charge in [0.1, 0.15) is 12.7 Å². The fraction of sp³-hybridized carbons (Fsp3) is 0.688. The first kappa shape index (κ1) is 30.0. The molecule has 1 N–H and O–H groups in total. The van der Waals surface area contributed by atoms with Crippen LogP contribution in [0.1, 0.15) is 83.1 Å². The number of nitrogens with one attached hydrogen (secondary N) is 1. The van der Waals surface area contributed by atoms with E-state index in [2.05, 4.69) is 20.3 Å². The molecule has 1 aliphatic heterocycles. The number of carbonyl (C=O) groups excluding carboxylic acids is 2. The van der Waals surface area contributed by atoms with Crippen molar-refractivity contribution in [3.8, 4) is 0 Å². The maximum atomic E-state index is 14.2. The predicted molar refractivity (Wildman–Crippen MR) is 161 cm³/mol. The van der Waals surface area contributed by atoms with Crippen LogP contribution in [-0.2, 0) is 22.6 Å². The lowest BCUT2D eigenvalue weighted by Crippen LogP contribution is -2.56. The summed E-state index contributed by atoms with van der Waals surface area (Å²) in [5.41, 5.74) is 1.29. The number of nitrogens with zero attached hydrogens (tertiary/aromatic N) is 5. The van der Waals surface area contributed by atoms with Crippen molar-refractivity contribution in [1.82, 2.24) is 29.9 Å². The van der Waals surface area contributed by atoms with Gasteiger partial charge in [0.25, 0.3) is 0 Å². The van der Waals surface area contributed by atoms with Gasteiger partial charge in [-0.1, -0.05) is 43.0 Å². The van der Waals surface area contributed by atoms with E-state index in [1.54, 1.807) is 13.3 Å². The summed E-state index contributed by atoms with van der Waals surface area (Å²) >= 11 is 6.16. The van der Waals surface area contributed by atoms with Crippen LogP contribution in [0.3, 0.4) is 0 Å². The van der Waals surface area contributed by atoms with Gasteiger partial charge in [-0.05, 0) is 86.8 Å². The third-order valence-electron chi connectivity index (χ3n) is 10.3. The zero-order valence-electron chi connectivity index (χ0n) is 24.8. The van der Waals surface area contributed by atoms with Gasteiger partial charge in [-0.15, -0.1) is 0 Å². The van der Waals surface area contributed by atoms with Crippen LogP contribution in [-0.4, -0.2) is 74.6 Å². The van der Waals surface area contributed by atoms with E-state index in [0.29, 0.717) is 17.4 Å². The molecular formula is C32H47ClN6O2. The highest BCUT2D eigenvalue weighted by Gasteiger charge is 2.44. The summed E-state index contributed by atoms with van der Waals surface area (Å²) in [6.07, 6.45) is 16.5. The highest BCUT2D eigenvalue weighted by Crippen LogP contribution is 2.47. The molecule has 2 saturated carbocycles. The SMILES string of the molecule is CC(=O)N(C)C1CCC(N[C@H](Cc2ccc(Cl)cc2)C(=O)N2CCC(Cn3cncn3)(C3CCCCC3)CC2)CC1. The second-order valence-corrected chi connectivity index (χ2v) is 13.2. The number of likely N-dealkylation sites (tertiary alicyclic amines) is 1. The zero-order chi connectivity index (χ0) is 28.8. The first-order chi connectivity index (χ1) is 19.8. The summed E-state index contributed by atoms with van der Waals surface area (Å²) < 4.78 is 2.01. The average Bonchev–Trinajstić information content (AvgIpc) is 3.51. The second kappa shape index (κ2) is 13.7. The molecule has 0 unspecified atom stereocenters. The van der Waals surface area contributed by atoms with E-state index >= 15 is 0 Å². The fourth-order valence-corrected chi connectivity index (χ4v) is 7.81. The number of hydrogen-bond donors (Lipinski definition) is 1. The van der Waals surface area contributed by atoms with E-state index < -0.39 is 0 Å². The van der Waals surface area contributed by atoms with E-state index in [1.165, 1.54) is 32.1 Å². The molecule has 9 heteroatoms. The van der Waals surface area contributed by atoms with Gasteiger partial charge in [0, 0.05) is 50.7 Å². The van der Waals surface area contributed by atoms with Gasteiger partial charge in [-0.3, -0.25) is 14.3 Å². The Bertz CT molecular complexity index is 1120. The van der Waals surface area contributed by atoms with Gasteiger partial charge < -0.3 is 15.1 Å². The minimum Gasteiger partial charge on any atom is -0.343 e. The van der Waals surface area contributed by atoms with Crippen LogP contribution in [0, 0.1) is 11.3 Å². The molecule has 2 amide bonds. The number of rotatable bonds is 9. The Balaban J connectivity index is 1.26. The summed E-state index contributed by atoms with van der Waals surface area (Å²) in [5.74, 6) is 1.01. The molecule has 5 rings (SSSR count). The van der Waals surface area contributed by atoms with Crippen LogP contribution in [0.5, 0.6) is 0 Å². The van der Waals surface area contributed by atoms with Gasteiger partial charge in [-0.25, -0.2) is 4.98 Å². The van der Waals surface area contributed by atoms with Crippen molar-refractivity contribution in [1.29, 1.82) is 0 Å². The molecule has 2 heterocycles. The molecule has 0 radical (unpaired) electrons. The molecule has 1 aromatic heterocycles. The molecule has 1 aromatic carbocycles. The lowest BCUT2D eigenvalue weighted by Gasteiger charge is -2.48. The van der Waals surface area contributed by atoms with E-state index in [1.807, 2.05) is 47.2 Å². The number of benzene rings is 1. The number of hydrogen-bond acceptors (Lipinski definition) is 5. The summed E-state index contributed by atoms with van der Waals surface area (Å²) in [5, 5.41) is 8.94. The van der Waals surface area contributed by atoms with E-state index in [9.17, 15) is 9.59 Å². The monoisotopic (exact) mass is 582 g/mol. The molecule has 3 aliphatic rings. The average molecular weight is 583 g/mol. The van der Waals surface area contributed by atoms with Crippen LogP contribution in [0.2, 0.25) is 5.02 Å². The Labute approximate surface area is 250 Å². The van der Waals surface area contributed by atoms with Gasteiger partial charge >= 0.3 is 0 Å². The van der Waals surface area contributed by atoms with Crippen LogP contribution in [0.4, 0.5) is 0 Å². The standard InChI is InChI=1S/C32H47ClN6O2/c1-24(40)37(2)29-14-12-28(13-15-29)36-30(20-25-8-10-27(33)11-9-25)31(41)38-18-16-32(17-19-38,21-39-23-34-22-35-39)26-6-4-3-5-7-26/h8-11,22-23,26,28-30,36H,3-7,12-21H2,1-2H3/t28?,29?,30-/m1/s1. The molecule has 1 saturated heterocycles.